The summed E-state index contributed by atoms with van der Waals surface area (Å²) < 4.78 is 84.8. The lowest BCUT2D eigenvalue weighted by atomic mass is 9.83. The van der Waals surface area contributed by atoms with Crippen LogP contribution in [0.15, 0.2) is 54.7 Å². The zero-order chi connectivity index (χ0) is 35.2. The summed E-state index contributed by atoms with van der Waals surface area (Å²) in [6.45, 7) is 6.18. The lowest BCUT2D eigenvalue weighted by molar-refractivity contribution is -0.193. The molecule has 0 bridgehead atoms. The Hall–Kier alpha value is -4.67. The number of imidazole rings is 1. The number of rotatable bonds is 4. The monoisotopic (exact) mass is 676 g/mol. The highest BCUT2D eigenvalue weighted by molar-refractivity contribution is 5.94. The Balaban J connectivity index is 0.000000360. The summed E-state index contributed by atoms with van der Waals surface area (Å²) in [4.78, 5) is 40.2. The van der Waals surface area contributed by atoms with Gasteiger partial charge in [0.15, 0.2) is 0 Å². The van der Waals surface area contributed by atoms with E-state index in [2.05, 4.69) is 16.4 Å². The van der Waals surface area contributed by atoms with Crippen molar-refractivity contribution in [2.45, 2.75) is 44.2 Å². The quantitative estimate of drug-likeness (QED) is 0.351. The van der Waals surface area contributed by atoms with Crippen LogP contribution < -0.4 is 4.74 Å². The fraction of sp³-hybridized carbons (Fsp3) is 0.400. The van der Waals surface area contributed by atoms with Gasteiger partial charge in [0.1, 0.15) is 17.4 Å². The van der Waals surface area contributed by atoms with Crippen LogP contribution in [0, 0.1) is 5.82 Å². The molecule has 1 aromatic heterocycles. The second-order valence-corrected chi connectivity index (χ2v) is 10.4. The summed E-state index contributed by atoms with van der Waals surface area (Å²) in [5.41, 5.74) is 2.27. The highest BCUT2D eigenvalue weighted by Gasteiger charge is 2.47. The molecule has 3 aromatic rings. The minimum atomic E-state index is -5.08. The summed E-state index contributed by atoms with van der Waals surface area (Å²) in [5.74, 6) is -3.93. The van der Waals surface area contributed by atoms with Crippen molar-refractivity contribution in [3.8, 4) is 17.0 Å². The third-order valence-electron chi connectivity index (χ3n) is 7.67. The van der Waals surface area contributed by atoms with Crippen molar-refractivity contribution >= 4 is 17.8 Å². The smallest absolute Gasteiger partial charge is 0.490 e. The summed E-state index contributed by atoms with van der Waals surface area (Å²) in [5, 5.41) is 14.2. The van der Waals surface area contributed by atoms with Crippen molar-refractivity contribution in [1.29, 1.82) is 0 Å². The largest absolute Gasteiger partial charge is 0.497 e. The number of methoxy groups -OCH3 is 1. The molecule has 1 fully saturated rings. The fourth-order valence-corrected chi connectivity index (χ4v) is 5.42. The summed E-state index contributed by atoms with van der Waals surface area (Å²) in [7, 11) is 1.62. The van der Waals surface area contributed by atoms with Gasteiger partial charge in [0, 0.05) is 37.3 Å². The van der Waals surface area contributed by atoms with Gasteiger partial charge in [-0.1, -0.05) is 19.1 Å². The first kappa shape index (κ1) is 36.8. The van der Waals surface area contributed by atoms with Crippen LogP contribution in [-0.4, -0.2) is 93.1 Å². The number of carboxylic acids is 2. The number of fused-ring (bicyclic) bond motifs is 2. The molecule has 2 aliphatic rings. The maximum atomic E-state index is 13.9. The van der Waals surface area contributed by atoms with Crippen LogP contribution >= 0.6 is 0 Å². The number of alkyl halides is 6. The van der Waals surface area contributed by atoms with E-state index in [1.807, 2.05) is 41.4 Å². The Bertz CT molecular complexity index is 1530. The van der Waals surface area contributed by atoms with Crippen molar-refractivity contribution in [2.24, 2.45) is 0 Å². The van der Waals surface area contributed by atoms with Gasteiger partial charge in [-0.15, -0.1) is 0 Å². The van der Waals surface area contributed by atoms with E-state index in [1.54, 1.807) is 19.2 Å². The summed E-state index contributed by atoms with van der Waals surface area (Å²) >= 11 is 0. The average molecular weight is 677 g/mol. The molecule has 10 nitrogen and oxygen atoms in total. The minimum Gasteiger partial charge on any atom is -0.497 e. The highest BCUT2D eigenvalue weighted by atomic mass is 19.4. The van der Waals surface area contributed by atoms with Crippen LogP contribution in [0.1, 0.15) is 35.9 Å². The number of halogens is 7. The third-order valence-corrected chi connectivity index (χ3v) is 7.67. The molecule has 1 spiro atoms. The molecule has 2 aromatic carbocycles. The number of carboxylic acid groups (broad SMARTS) is 2. The van der Waals surface area contributed by atoms with E-state index in [1.165, 1.54) is 6.07 Å². The second-order valence-electron chi connectivity index (χ2n) is 10.4. The number of nitrogens with zero attached hydrogens (tertiary/aromatic N) is 4. The Labute approximate surface area is 264 Å². The number of amides is 1. The van der Waals surface area contributed by atoms with Crippen LogP contribution in [0.4, 0.5) is 30.7 Å². The highest BCUT2D eigenvalue weighted by Crippen LogP contribution is 2.42. The van der Waals surface area contributed by atoms with Crippen molar-refractivity contribution in [3.63, 3.8) is 0 Å². The third kappa shape index (κ3) is 8.78. The molecule has 0 atom stereocenters. The van der Waals surface area contributed by atoms with Gasteiger partial charge < -0.3 is 24.4 Å². The predicted octanol–water partition coefficient (Wildman–Crippen LogP) is 5.43. The van der Waals surface area contributed by atoms with Crippen LogP contribution in [0.25, 0.3) is 11.3 Å². The van der Waals surface area contributed by atoms with Crippen molar-refractivity contribution < 1.29 is 60.1 Å². The van der Waals surface area contributed by atoms with Gasteiger partial charge in [0.2, 0.25) is 0 Å². The maximum Gasteiger partial charge on any atom is 0.490 e. The fourth-order valence-electron chi connectivity index (χ4n) is 5.42. The Morgan fingerprint density at radius 3 is 1.91 bits per heavy atom. The number of ether oxygens (including phenoxy) is 1. The number of hydrogen-bond acceptors (Lipinski definition) is 6. The first-order chi connectivity index (χ1) is 21.9. The van der Waals surface area contributed by atoms with Crippen LogP contribution in [0.3, 0.4) is 0 Å². The Kier molecular flexibility index (Phi) is 11.6. The summed E-state index contributed by atoms with van der Waals surface area (Å²) in [6.07, 6.45) is -6.65. The normalized spacial score (nSPS) is 15.8. The van der Waals surface area contributed by atoms with Crippen LogP contribution in [-0.2, 0) is 21.7 Å². The lowest BCUT2D eigenvalue weighted by Crippen LogP contribution is -2.58. The molecule has 5 rings (SSSR count). The number of likely N-dealkylation sites (N-methyl/N-ethyl adjacent to an activating group) is 1. The number of likely N-dealkylation sites (tertiary alicyclic amines) is 1. The molecule has 1 amide bonds. The number of carbonyl (C=O) groups excluding carboxylic acids is 1. The van der Waals surface area contributed by atoms with Crippen molar-refractivity contribution in [3.05, 3.63) is 71.9 Å². The molecule has 256 valence electrons. The van der Waals surface area contributed by atoms with E-state index in [0.717, 1.165) is 55.3 Å². The molecule has 2 N–H and O–H groups in total. The first-order valence-electron chi connectivity index (χ1n) is 14.0. The van der Waals surface area contributed by atoms with Gasteiger partial charge in [-0.3, -0.25) is 9.69 Å². The summed E-state index contributed by atoms with van der Waals surface area (Å²) in [6, 6.07) is 14.0. The van der Waals surface area contributed by atoms with Crippen LogP contribution in [0.2, 0.25) is 0 Å². The molecule has 3 heterocycles. The number of piperidine rings is 1. The Morgan fingerprint density at radius 1 is 0.894 bits per heavy atom. The van der Waals surface area contributed by atoms with E-state index in [4.69, 9.17) is 29.5 Å². The van der Waals surface area contributed by atoms with E-state index in [-0.39, 0.29) is 17.3 Å². The number of carbonyl (C=O) groups is 3. The first-order valence-corrected chi connectivity index (χ1v) is 14.0. The second kappa shape index (κ2) is 14.8. The van der Waals surface area contributed by atoms with E-state index in [9.17, 15) is 35.5 Å². The SMILES string of the molecule is CCN1CCn2c(-c3cccc(F)c3)cnc2C12CCN(C(=O)c1ccc(OC)cc1)CC2.O=C(O)C(F)(F)F.O=C(O)C(F)(F)F. The minimum absolute atomic E-state index is 0.0511. The van der Waals surface area contributed by atoms with Crippen molar-refractivity contribution in [2.75, 3.05) is 33.3 Å². The molecular weight excluding hydrogens is 645 g/mol. The molecule has 0 radical (unpaired) electrons. The van der Waals surface area contributed by atoms with Gasteiger partial charge in [-0.2, -0.15) is 26.3 Å². The molecular formula is C30H31F7N4O6. The van der Waals surface area contributed by atoms with Gasteiger partial charge >= 0.3 is 24.3 Å². The van der Waals surface area contributed by atoms with Gasteiger partial charge in [0.25, 0.3) is 5.91 Å². The zero-order valence-corrected chi connectivity index (χ0v) is 25.1. The van der Waals surface area contributed by atoms with E-state index >= 15 is 0 Å². The number of aliphatic carboxylic acids is 2. The zero-order valence-electron chi connectivity index (χ0n) is 25.1. The molecule has 17 heteroatoms. The van der Waals surface area contributed by atoms with E-state index in [0.29, 0.717) is 18.7 Å². The van der Waals surface area contributed by atoms with Crippen molar-refractivity contribution in [1.82, 2.24) is 19.4 Å². The van der Waals surface area contributed by atoms with Crippen LogP contribution in [0.5, 0.6) is 5.75 Å². The molecule has 47 heavy (non-hydrogen) atoms. The Morgan fingerprint density at radius 2 is 1.45 bits per heavy atom. The molecule has 0 aliphatic carbocycles. The molecule has 0 saturated carbocycles. The standard InChI is InChI=1S/C26H29FN4O2.2C2HF3O2/c1-3-30-15-16-31-23(20-5-4-6-21(27)17-20)18-28-25(31)26(30)11-13-29(14-12-26)24(32)19-7-9-22(33-2)10-8-19;2*3-2(4,5)1(6)7/h4-10,17-18H,3,11-16H2,1-2H3;2*(H,6,7). The number of hydrogen-bond donors (Lipinski definition) is 2. The van der Waals surface area contributed by atoms with Gasteiger partial charge in [-0.25, -0.2) is 19.0 Å². The van der Waals surface area contributed by atoms with Gasteiger partial charge in [0.05, 0.1) is 24.5 Å². The van der Waals surface area contributed by atoms with Gasteiger partial charge in [-0.05, 0) is 55.8 Å². The lowest BCUT2D eigenvalue weighted by Gasteiger charge is -2.50. The number of aromatic nitrogens is 2. The molecule has 2 aliphatic heterocycles. The molecule has 0 unspecified atom stereocenters. The number of benzene rings is 2. The molecule has 1 saturated heterocycles. The predicted molar refractivity (Wildman–Crippen MR) is 152 cm³/mol. The average Bonchev–Trinajstić information content (AvgIpc) is 3.47. The van der Waals surface area contributed by atoms with E-state index < -0.39 is 24.3 Å². The topological polar surface area (TPSA) is 125 Å². The maximum absolute atomic E-state index is 13.9.